The first-order valence-electron chi connectivity index (χ1n) is 8.96. The van der Waals surface area contributed by atoms with E-state index in [0.717, 1.165) is 26.1 Å². The Kier molecular flexibility index (Phi) is 13.1. The average Bonchev–Trinajstić information content (AvgIpc) is 2.81. The Morgan fingerprint density at radius 2 is 1.79 bits per heavy atom. The van der Waals surface area contributed by atoms with Crippen molar-refractivity contribution in [3.63, 3.8) is 0 Å². The highest BCUT2D eigenvalue weighted by molar-refractivity contribution is 5.85. The molecule has 0 bridgehead atoms. The second kappa shape index (κ2) is 13.2. The summed E-state index contributed by atoms with van der Waals surface area (Å²) in [5, 5.41) is 0. The monoisotopic (exact) mass is 383 g/mol. The molecule has 0 aromatic heterocycles. The molecule has 2 rings (SSSR count). The maximum Gasteiger partial charge on any atom is 0.225 e. The molecule has 144 valence electrons. The van der Waals surface area contributed by atoms with Gasteiger partial charge in [-0.15, -0.1) is 24.8 Å². The fourth-order valence-electron chi connectivity index (χ4n) is 3.71. The molecule has 0 radical (unpaired) electrons. The van der Waals surface area contributed by atoms with Crippen LogP contribution in [-0.4, -0.2) is 68.2 Å². The van der Waals surface area contributed by atoms with Crippen molar-refractivity contribution in [3.05, 3.63) is 0 Å². The van der Waals surface area contributed by atoms with Crippen molar-refractivity contribution < 1.29 is 9.53 Å². The van der Waals surface area contributed by atoms with Crippen molar-refractivity contribution >= 4 is 30.7 Å². The second-order valence-electron chi connectivity index (χ2n) is 6.86. The molecule has 0 saturated carbocycles. The number of likely N-dealkylation sites (tertiary alicyclic amines) is 2. The van der Waals surface area contributed by atoms with Gasteiger partial charge >= 0.3 is 0 Å². The Morgan fingerprint density at radius 3 is 2.38 bits per heavy atom. The van der Waals surface area contributed by atoms with Gasteiger partial charge in [0, 0.05) is 33.3 Å². The highest BCUT2D eigenvalue weighted by Gasteiger charge is 2.26. The van der Waals surface area contributed by atoms with Crippen LogP contribution in [0, 0.1) is 5.92 Å². The van der Waals surface area contributed by atoms with Crippen LogP contribution >= 0.6 is 24.8 Å². The first kappa shape index (κ1) is 23.9. The largest absolute Gasteiger partial charge is 0.380 e. The van der Waals surface area contributed by atoms with Crippen molar-refractivity contribution in [2.24, 2.45) is 11.7 Å². The van der Waals surface area contributed by atoms with Crippen LogP contribution in [-0.2, 0) is 9.53 Å². The van der Waals surface area contributed by atoms with Gasteiger partial charge in [-0.1, -0.05) is 12.8 Å². The van der Waals surface area contributed by atoms with Crippen LogP contribution < -0.4 is 5.73 Å². The molecule has 2 unspecified atom stereocenters. The van der Waals surface area contributed by atoms with Gasteiger partial charge in [0.1, 0.15) is 0 Å². The number of amides is 1. The third-order valence-electron chi connectivity index (χ3n) is 5.09. The van der Waals surface area contributed by atoms with Gasteiger partial charge in [0.25, 0.3) is 0 Å². The van der Waals surface area contributed by atoms with E-state index in [1.54, 1.807) is 7.11 Å². The van der Waals surface area contributed by atoms with Crippen molar-refractivity contribution in [3.8, 4) is 0 Å². The molecule has 2 saturated heterocycles. The highest BCUT2D eigenvalue weighted by Crippen LogP contribution is 2.20. The van der Waals surface area contributed by atoms with E-state index >= 15 is 0 Å². The van der Waals surface area contributed by atoms with E-state index in [2.05, 4.69) is 4.90 Å². The van der Waals surface area contributed by atoms with E-state index in [1.807, 2.05) is 4.90 Å². The van der Waals surface area contributed by atoms with Crippen molar-refractivity contribution in [1.82, 2.24) is 9.80 Å². The minimum Gasteiger partial charge on any atom is -0.380 e. The van der Waals surface area contributed by atoms with Crippen molar-refractivity contribution in [2.75, 3.05) is 46.4 Å². The van der Waals surface area contributed by atoms with Crippen molar-refractivity contribution in [1.29, 1.82) is 0 Å². The van der Waals surface area contributed by atoms with Gasteiger partial charge in [0.15, 0.2) is 0 Å². The van der Waals surface area contributed by atoms with E-state index in [-0.39, 0.29) is 36.8 Å². The normalized spacial score (nSPS) is 23.6. The van der Waals surface area contributed by atoms with Crippen LogP contribution in [0.25, 0.3) is 0 Å². The zero-order valence-corrected chi connectivity index (χ0v) is 16.6. The molecule has 2 N–H and O–H groups in total. The fraction of sp³-hybridized carbons (Fsp3) is 0.941. The Balaban J connectivity index is 0.00000264. The number of piperidine rings is 1. The number of halogens is 2. The molecule has 2 atom stereocenters. The summed E-state index contributed by atoms with van der Waals surface area (Å²) in [7, 11) is 1.63. The standard InChI is InChI=1S/C17H33N3O2.2ClH/c1-22-16(12-18)11-17(21)20-10-6-7-15(14-20)13-19-8-4-2-3-5-9-19;;/h15-16H,2-14,18H2,1H3;2*1H. The molecule has 0 aliphatic carbocycles. The zero-order chi connectivity index (χ0) is 15.8. The van der Waals surface area contributed by atoms with Gasteiger partial charge < -0.3 is 20.3 Å². The molecule has 1 amide bonds. The molecule has 0 aromatic rings. The van der Waals surface area contributed by atoms with Gasteiger partial charge in [0.2, 0.25) is 5.91 Å². The lowest BCUT2D eigenvalue weighted by Crippen LogP contribution is -2.45. The Labute approximate surface area is 159 Å². The van der Waals surface area contributed by atoms with Crippen LogP contribution in [0.5, 0.6) is 0 Å². The molecular formula is C17H35Cl2N3O2. The van der Waals surface area contributed by atoms with Gasteiger partial charge in [-0.2, -0.15) is 0 Å². The minimum absolute atomic E-state index is 0. The third-order valence-corrected chi connectivity index (χ3v) is 5.09. The number of methoxy groups -OCH3 is 1. The third kappa shape index (κ3) is 7.87. The molecular weight excluding hydrogens is 349 g/mol. The van der Waals surface area contributed by atoms with Crippen LogP contribution in [0.3, 0.4) is 0 Å². The fourth-order valence-corrected chi connectivity index (χ4v) is 3.71. The lowest BCUT2D eigenvalue weighted by Gasteiger charge is -2.36. The van der Waals surface area contributed by atoms with Crippen LogP contribution in [0.4, 0.5) is 0 Å². The number of hydrogen-bond donors (Lipinski definition) is 1. The predicted molar refractivity (Wildman–Crippen MR) is 103 cm³/mol. The maximum absolute atomic E-state index is 12.4. The first-order valence-corrected chi connectivity index (χ1v) is 8.96. The molecule has 7 heteroatoms. The Bertz CT molecular complexity index is 336. The number of ether oxygens (including phenoxy) is 1. The number of carbonyl (C=O) groups excluding carboxylic acids is 1. The van der Waals surface area contributed by atoms with Gasteiger partial charge in [-0.3, -0.25) is 4.79 Å². The van der Waals surface area contributed by atoms with Crippen LogP contribution in [0.1, 0.15) is 44.9 Å². The summed E-state index contributed by atoms with van der Waals surface area (Å²) in [6.07, 6.45) is 8.09. The van der Waals surface area contributed by atoms with E-state index in [1.165, 1.54) is 45.2 Å². The topological polar surface area (TPSA) is 58.8 Å². The summed E-state index contributed by atoms with van der Waals surface area (Å²) >= 11 is 0. The molecule has 2 aliphatic heterocycles. The number of rotatable bonds is 6. The molecule has 2 heterocycles. The quantitative estimate of drug-likeness (QED) is 0.764. The van der Waals surface area contributed by atoms with Crippen LogP contribution in [0.2, 0.25) is 0 Å². The van der Waals surface area contributed by atoms with Gasteiger partial charge in [-0.05, 0) is 44.7 Å². The Hall–Kier alpha value is -0.0700. The van der Waals surface area contributed by atoms with E-state index in [4.69, 9.17) is 10.5 Å². The predicted octanol–water partition coefficient (Wildman–Crippen LogP) is 2.31. The molecule has 2 fully saturated rings. The van der Waals surface area contributed by atoms with E-state index in [9.17, 15) is 4.79 Å². The molecule has 0 aromatic carbocycles. The number of carbonyl (C=O) groups is 1. The summed E-state index contributed by atoms with van der Waals surface area (Å²) in [5.41, 5.74) is 5.62. The summed E-state index contributed by atoms with van der Waals surface area (Å²) in [6.45, 7) is 5.86. The number of nitrogens with zero attached hydrogens (tertiary/aromatic N) is 2. The van der Waals surface area contributed by atoms with Gasteiger partial charge in [0.05, 0.1) is 12.5 Å². The average molecular weight is 384 g/mol. The molecule has 24 heavy (non-hydrogen) atoms. The lowest BCUT2D eigenvalue weighted by atomic mass is 9.96. The minimum atomic E-state index is -0.140. The van der Waals surface area contributed by atoms with Crippen molar-refractivity contribution in [2.45, 2.75) is 51.0 Å². The van der Waals surface area contributed by atoms with Gasteiger partial charge in [-0.25, -0.2) is 0 Å². The SMILES string of the molecule is COC(CN)CC(=O)N1CCCC(CN2CCCCCC2)C1.Cl.Cl. The van der Waals surface area contributed by atoms with E-state index in [0.29, 0.717) is 18.9 Å². The number of hydrogen-bond acceptors (Lipinski definition) is 4. The maximum atomic E-state index is 12.4. The summed E-state index contributed by atoms with van der Waals surface area (Å²) in [4.78, 5) is 17.0. The summed E-state index contributed by atoms with van der Waals surface area (Å²) < 4.78 is 5.24. The molecule has 0 spiro atoms. The van der Waals surface area contributed by atoms with Crippen LogP contribution in [0.15, 0.2) is 0 Å². The second-order valence-corrected chi connectivity index (χ2v) is 6.86. The molecule has 5 nitrogen and oxygen atoms in total. The van der Waals surface area contributed by atoms with E-state index < -0.39 is 0 Å². The summed E-state index contributed by atoms with van der Waals surface area (Å²) in [6, 6.07) is 0. The lowest BCUT2D eigenvalue weighted by molar-refractivity contribution is -0.135. The summed E-state index contributed by atoms with van der Waals surface area (Å²) in [5.74, 6) is 0.840. The molecule has 2 aliphatic rings. The number of nitrogens with two attached hydrogens (primary N) is 1. The smallest absolute Gasteiger partial charge is 0.225 e. The first-order chi connectivity index (χ1) is 10.7. The highest BCUT2D eigenvalue weighted by atomic mass is 35.5. The zero-order valence-electron chi connectivity index (χ0n) is 15.0. The Morgan fingerprint density at radius 1 is 1.12 bits per heavy atom.